The Bertz CT molecular complexity index is 128. The van der Waals surface area contributed by atoms with Crippen molar-refractivity contribution in [1.82, 2.24) is 5.32 Å². The van der Waals surface area contributed by atoms with Crippen molar-refractivity contribution in [2.75, 3.05) is 26.8 Å². The maximum absolute atomic E-state index is 5.87. The molecule has 0 saturated heterocycles. The van der Waals surface area contributed by atoms with Gasteiger partial charge < -0.3 is 14.8 Å². The Kier molecular flexibility index (Phi) is 8.14. The lowest BCUT2D eigenvalue weighted by atomic mass is 10.1. The minimum atomic E-state index is 0.172. The van der Waals surface area contributed by atoms with Crippen LogP contribution < -0.4 is 5.32 Å². The molecular weight excluding hydrogens is 178 g/mol. The number of hydrogen-bond donors (Lipinski definition) is 1. The van der Waals surface area contributed by atoms with E-state index in [0.29, 0.717) is 12.5 Å². The number of nitrogens with one attached hydrogen (secondary N) is 1. The molecule has 2 unspecified atom stereocenters. The van der Waals surface area contributed by atoms with Gasteiger partial charge in [-0.2, -0.15) is 0 Å². The van der Waals surface area contributed by atoms with Crippen molar-refractivity contribution in [3.05, 3.63) is 0 Å². The Morgan fingerprint density at radius 1 is 1.21 bits per heavy atom. The van der Waals surface area contributed by atoms with E-state index in [9.17, 15) is 0 Å². The van der Waals surface area contributed by atoms with Crippen LogP contribution in [-0.2, 0) is 9.47 Å². The molecule has 3 nitrogen and oxygen atoms in total. The molecular formula is C11H25NO2. The van der Waals surface area contributed by atoms with Crippen LogP contribution in [0.3, 0.4) is 0 Å². The Morgan fingerprint density at radius 3 is 2.29 bits per heavy atom. The molecule has 0 amide bonds. The molecule has 2 atom stereocenters. The first-order chi connectivity index (χ1) is 6.61. The lowest BCUT2D eigenvalue weighted by molar-refractivity contribution is -0.0554. The van der Waals surface area contributed by atoms with Crippen molar-refractivity contribution in [2.45, 2.75) is 39.9 Å². The van der Waals surface area contributed by atoms with Gasteiger partial charge >= 0.3 is 0 Å². The molecule has 0 aliphatic heterocycles. The molecule has 0 radical (unpaired) electrons. The fraction of sp³-hybridized carbons (Fsp3) is 1.00. The number of hydrogen-bond acceptors (Lipinski definition) is 3. The second-order valence-electron chi connectivity index (χ2n) is 3.99. The molecule has 0 aliphatic carbocycles. The topological polar surface area (TPSA) is 30.5 Å². The molecule has 1 N–H and O–H groups in total. The summed E-state index contributed by atoms with van der Waals surface area (Å²) in [6.07, 6.45) is 0.450. The SMILES string of the molecule is CCNCC(OC(C)COC)C(C)C. The Morgan fingerprint density at radius 2 is 1.86 bits per heavy atom. The zero-order chi connectivity index (χ0) is 11.0. The first kappa shape index (κ1) is 13.9. The third-order valence-corrected chi connectivity index (χ3v) is 2.15. The van der Waals surface area contributed by atoms with Gasteiger partial charge in [0.2, 0.25) is 0 Å². The van der Waals surface area contributed by atoms with Gasteiger partial charge in [-0.1, -0.05) is 20.8 Å². The minimum Gasteiger partial charge on any atom is -0.382 e. The molecule has 0 heterocycles. The van der Waals surface area contributed by atoms with Crippen LogP contribution in [0.2, 0.25) is 0 Å². The average Bonchev–Trinajstić information content (AvgIpc) is 2.12. The van der Waals surface area contributed by atoms with Gasteiger partial charge in [0.25, 0.3) is 0 Å². The third kappa shape index (κ3) is 6.35. The molecule has 0 aromatic heterocycles. The molecule has 3 heteroatoms. The quantitative estimate of drug-likeness (QED) is 0.651. The smallest absolute Gasteiger partial charge is 0.0784 e. The van der Waals surface area contributed by atoms with Gasteiger partial charge in [-0.25, -0.2) is 0 Å². The van der Waals surface area contributed by atoms with E-state index in [2.05, 4.69) is 26.1 Å². The summed E-state index contributed by atoms with van der Waals surface area (Å²) in [5.74, 6) is 0.536. The molecule has 0 bridgehead atoms. The Labute approximate surface area is 88.2 Å². The van der Waals surface area contributed by atoms with Gasteiger partial charge in [0.1, 0.15) is 0 Å². The van der Waals surface area contributed by atoms with Gasteiger partial charge in [-0.3, -0.25) is 0 Å². The van der Waals surface area contributed by atoms with Crippen molar-refractivity contribution in [2.24, 2.45) is 5.92 Å². The Balaban J connectivity index is 3.82. The molecule has 0 aliphatic rings. The summed E-state index contributed by atoms with van der Waals surface area (Å²) in [5.41, 5.74) is 0. The lowest BCUT2D eigenvalue weighted by Crippen LogP contribution is -2.36. The number of methoxy groups -OCH3 is 1. The highest BCUT2D eigenvalue weighted by molar-refractivity contribution is 4.67. The highest BCUT2D eigenvalue weighted by Gasteiger charge is 2.16. The predicted octanol–water partition coefficient (Wildman–Crippen LogP) is 1.67. The first-order valence-electron chi connectivity index (χ1n) is 5.46. The summed E-state index contributed by atoms with van der Waals surface area (Å²) < 4.78 is 10.9. The monoisotopic (exact) mass is 203 g/mol. The van der Waals surface area contributed by atoms with Gasteiger partial charge in [-0.15, -0.1) is 0 Å². The van der Waals surface area contributed by atoms with E-state index in [1.165, 1.54) is 0 Å². The highest BCUT2D eigenvalue weighted by Crippen LogP contribution is 2.08. The van der Waals surface area contributed by atoms with Gasteiger partial charge in [0, 0.05) is 13.7 Å². The standard InChI is InChI=1S/C11H25NO2/c1-6-12-7-11(9(2)3)14-10(4)8-13-5/h9-12H,6-8H2,1-5H3. The van der Waals surface area contributed by atoms with E-state index in [-0.39, 0.29) is 12.2 Å². The highest BCUT2D eigenvalue weighted by atomic mass is 16.5. The predicted molar refractivity (Wildman–Crippen MR) is 59.6 cm³/mol. The normalized spacial score (nSPS) is 15.9. The van der Waals surface area contributed by atoms with E-state index < -0.39 is 0 Å². The maximum atomic E-state index is 5.87. The van der Waals surface area contributed by atoms with Crippen molar-refractivity contribution in [3.8, 4) is 0 Å². The molecule has 0 rings (SSSR count). The molecule has 0 aromatic rings. The third-order valence-electron chi connectivity index (χ3n) is 2.15. The van der Waals surface area contributed by atoms with Crippen LogP contribution >= 0.6 is 0 Å². The van der Waals surface area contributed by atoms with Crippen LogP contribution in [0.25, 0.3) is 0 Å². The van der Waals surface area contributed by atoms with Crippen LogP contribution in [-0.4, -0.2) is 39.0 Å². The minimum absolute atomic E-state index is 0.172. The summed E-state index contributed by atoms with van der Waals surface area (Å²) >= 11 is 0. The zero-order valence-electron chi connectivity index (χ0n) is 10.2. The van der Waals surface area contributed by atoms with Crippen molar-refractivity contribution >= 4 is 0 Å². The van der Waals surface area contributed by atoms with E-state index in [4.69, 9.17) is 9.47 Å². The van der Waals surface area contributed by atoms with Crippen molar-refractivity contribution in [3.63, 3.8) is 0 Å². The van der Waals surface area contributed by atoms with Crippen LogP contribution in [0.5, 0.6) is 0 Å². The second-order valence-corrected chi connectivity index (χ2v) is 3.99. The molecule has 14 heavy (non-hydrogen) atoms. The second kappa shape index (κ2) is 8.21. The first-order valence-corrected chi connectivity index (χ1v) is 5.46. The number of likely N-dealkylation sites (N-methyl/N-ethyl adjacent to an activating group) is 1. The van der Waals surface area contributed by atoms with Gasteiger partial charge in [0.05, 0.1) is 18.8 Å². The van der Waals surface area contributed by atoms with Crippen LogP contribution in [0.4, 0.5) is 0 Å². The fourth-order valence-electron chi connectivity index (χ4n) is 1.30. The molecule has 0 spiro atoms. The summed E-state index contributed by atoms with van der Waals surface area (Å²) in [6, 6.07) is 0. The van der Waals surface area contributed by atoms with Gasteiger partial charge in [0.15, 0.2) is 0 Å². The number of ether oxygens (including phenoxy) is 2. The van der Waals surface area contributed by atoms with E-state index >= 15 is 0 Å². The average molecular weight is 203 g/mol. The maximum Gasteiger partial charge on any atom is 0.0784 e. The summed E-state index contributed by atoms with van der Waals surface area (Å²) in [5, 5.41) is 3.31. The van der Waals surface area contributed by atoms with Crippen LogP contribution in [0.1, 0.15) is 27.7 Å². The Hall–Kier alpha value is -0.120. The summed E-state index contributed by atoms with van der Waals surface area (Å²) in [7, 11) is 1.70. The fourth-order valence-corrected chi connectivity index (χ4v) is 1.30. The van der Waals surface area contributed by atoms with Crippen molar-refractivity contribution in [1.29, 1.82) is 0 Å². The molecule has 0 aromatic carbocycles. The zero-order valence-corrected chi connectivity index (χ0v) is 10.2. The van der Waals surface area contributed by atoms with E-state index in [1.807, 2.05) is 6.92 Å². The van der Waals surface area contributed by atoms with Crippen LogP contribution in [0, 0.1) is 5.92 Å². The van der Waals surface area contributed by atoms with E-state index in [0.717, 1.165) is 13.1 Å². The molecule has 86 valence electrons. The number of rotatable bonds is 8. The largest absolute Gasteiger partial charge is 0.382 e. The van der Waals surface area contributed by atoms with E-state index in [1.54, 1.807) is 7.11 Å². The summed E-state index contributed by atoms with van der Waals surface area (Å²) in [6.45, 7) is 11.1. The lowest BCUT2D eigenvalue weighted by Gasteiger charge is -2.25. The molecule has 0 saturated carbocycles. The van der Waals surface area contributed by atoms with Gasteiger partial charge in [-0.05, 0) is 19.4 Å². The van der Waals surface area contributed by atoms with Crippen LogP contribution in [0.15, 0.2) is 0 Å². The van der Waals surface area contributed by atoms with Crippen molar-refractivity contribution < 1.29 is 9.47 Å². The molecule has 0 fully saturated rings. The summed E-state index contributed by atoms with van der Waals surface area (Å²) in [4.78, 5) is 0.